The Kier molecular flexibility index (Phi) is 6.29. The quantitative estimate of drug-likeness (QED) is 0.769. The van der Waals surface area contributed by atoms with E-state index in [0.717, 1.165) is 35.4 Å². The summed E-state index contributed by atoms with van der Waals surface area (Å²) < 4.78 is 15.3. The second-order valence-electron chi connectivity index (χ2n) is 7.41. The average molecular weight is 386 g/mol. The highest BCUT2D eigenvalue weighted by Crippen LogP contribution is 2.31. The summed E-state index contributed by atoms with van der Waals surface area (Å²) in [5, 5.41) is 12.1. The number of aliphatic hydroxyl groups excluding tert-OH is 1. The maximum absolute atomic E-state index is 13.2. The lowest BCUT2D eigenvalue weighted by molar-refractivity contribution is -0.121. The van der Waals surface area contributed by atoms with Crippen molar-refractivity contribution < 1.29 is 19.1 Å². The number of amides is 1. The van der Waals surface area contributed by atoms with Crippen molar-refractivity contribution in [1.82, 2.24) is 9.88 Å². The molecule has 0 unspecified atom stereocenters. The number of hydrogen-bond acceptors (Lipinski definition) is 3. The molecule has 2 N–H and O–H groups in total. The number of nitrogens with one attached hydrogen (secondary N) is 1. The van der Waals surface area contributed by atoms with Crippen molar-refractivity contribution in [2.45, 2.75) is 58.5 Å². The zero-order chi connectivity index (χ0) is 20.3. The van der Waals surface area contributed by atoms with Crippen molar-refractivity contribution in [1.29, 1.82) is 0 Å². The number of hydrogen-bond donors (Lipinski definition) is 2. The van der Waals surface area contributed by atoms with Gasteiger partial charge in [-0.05, 0) is 49.4 Å². The number of fused-ring (bicyclic) bond motifs is 1. The predicted molar refractivity (Wildman–Crippen MR) is 105 cm³/mol. The summed E-state index contributed by atoms with van der Waals surface area (Å²) in [7, 11) is 0. The first kappa shape index (κ1) is 20.3. The Morgan fingerprint density at radius 2 is 2.00 bits per heavy atom. The molecule has 0 radical (unpaired) electrons. The predicted octanol–water partition coefficient (Wildman–Crippen LogP) is 2.93. The van der Waals surface area contributed by atoms with Gasteiger partial charge in [0, 0.05) is 29.9 Å². The Balaban J connectivity index is 1.93. The highest BCUT2D eigenvalue weighted by Gasteiger charge is 2.29. The number of halogens is 1. The zero-order valence-corrected chi connectivity index (χ0v) is 16.4. The van der Waals surface area contributed by atoms with Gasteiger partial charge in [-0.25, -0.2) is 4.39 Å². The van der Waals surface area contributed by atoms with Gasteiger partial charge in [0.25, 0.3) is 0 Å². The molecule has 150 valence electrons. The highest BCUT2D eigenvalue weighted by atomic mass is 19.1. The number of aliphatic hydroxyl groups is 1. The van der Waals surface area contributed by atoms with Gasteiger partial charge in [-0.2, -0.15) is 0 Å². The Morgan fingerprint density at radius 1 is 1.29 bits per heavy atom. The number of benzene rings is 1. The van der Waals surface area contributed by atoms with Crippen LogP contribution in [0.15, 0.2) is 24.3 Å². The SMILES string of the molecule is CC[C@@H](CO)NC(=O)Cc1c2c(n(Cc3ccc(F)cc3)c1C)CCCC2=O. The van der Waals surface area contributed by atoms with Crippen molar-refractivity contribution in [3.8, 4) is 0 Å². The molecule has 1 heterocycles. The molecule has 6 heteroatoms. The molecule has 1 atom stereocenters. The summed E-state index contributed by atoms with van der Waals surface area (Å²) in [6, 6.07) is 6.07. The summed E-state index contributed by atoms with van der Waals surface area (Å²) in [5.74, 6) is -0.389. The third-order valence-corrected chi connectivity index (χ3v) is 5.52. The zero-order valence-electron chi connectivity index (χ0n) is 16.4. The molecule has 1 aromatic heterocycles. The molecule has 0 spiro atoms. The molecule has 2 aromatic rings. The van der Waals surface area contributed by atoms with Gasteiger partial charge in [-0.3, -0.25) is 9.59 Å². The van der Waals surface area contributed by atoms with E-state index in [1.165, 1.54) is 12.1 Å². The molecular weight excluding hydrogens is 359 g/mol. The van der Waals surface area contributed by atoms with Crippen LogP contribution in [0.5, 0.6) is 0 Å². The normalized spacial score (nSPS) is 14.6. The van der Waals surface area contributed by atoms with E-state index in [4.69, 9.17) is 0 Å². The minimum absolute atomic E-state index is 0.0826. The maximum Gasteiger partial charge on any atom is 0.224 e. The lowest BCUT2D eigenvalue weighted by Gasteiger charge is -2.16. The van der Waals surface area contributed by atoms with Crippen LogP contribution in [-0.2, 0) is 24.2 Å². The number of nitrogens with zero attached hydrogens (tertiary/aromatic N) is 1. The van der Waals surface area contributed by atoms with Crippen molar-refractivity contribution in [2.24, 2.45) is 0 Å². The number of rotatable bonds is 7. The molecule has 0 bridgehead atoms. The molecule has 0 saturated carbocycles. The second kappa shape index (κ2) is 8.69. The number of aromatic nitrogens is 1. The van der Waals surface area contributed by atoms with Gasteiger partial charge in [-0.15, -0.1) is 0 Å². The monoisotopic (exact) mass is 386 g/mol. The molecule has 28 heavy (non-hydrogen) atoms. The second-order valence-corrected chi connectivity index (χ2v) is 7.41. The van der Waals surface area contributed by atoms with Crippen LogP contribution >= 0.6 is 0 Å². The van der Waals surface area contributed by atoms with Crippen LogP contribution in [0.1, 0.15) is 59.1 Å². The van der Waals surface area contributed by atoms with Crippen molar-refractivity contribution in [3.05, 3.63) is 58.2 Å². The number of ketones is 1. The van der Waals surface area contributed by atoms with Crippen molar-refractivity contribution in [2.75, 3.05) is 6.61 Å². The van der Waals surface area contributed by atoms with Crippen LogP contribution in [-0.4, -0.2) is 34.0 Å². The van der Waals surface area contributed by atoms with Gasteiger partial charge in [0.1, 0.15) is 5.82 Å². The molecular formula is C22H27FN2O3. The minimum Gasteiger partial charge on any atom is -0.394 e. The number of carbonyl (C=O) groups is 2. The van der Waals surface area contributed by atoms with E-state index in [1.54, 1.807) is 12.1 Å². The van der Waals surface area contributed by atoms with E-state index in [1.807, 2.05) is 13.8 Å². The first-order chi connectivity index (χ1) is 13.4. The van der Waals surface area contributed by atoms with E-state index in [-0.39, 0.29) is 36.6 Å². The van der Waals surface area contributed by atoms with E-state index < -0.39 is 0 Å². The van der Waals surface area contributed by atoms with Gasteiger partial charge < -0.3 is 15.0 Å². The van der Waals surface area contributed by atoms with Crippen molar-refractivity contribution in [3.63, 3.8) is 0 Å². The topological polar surface area (TPSA) is 71.3 Å². The maximum atomic E-state index is 13.2. The molecule has 3 rings (SSSR count). The number of carbonyl (C=O) groups excluding carboxylic acids is 2. The van der Waals surface area contributed by atoms with E-state index in [2.05, 4.69) is 9.88 Å². The Hall–Kier alpha value is -2.47. The van der Waals surface area contributed by atoms with Crippen LogP contribution in [0, 0.1) is 12.7 Å². The van der Waals surface area contributed by atoms with E-state index in [9.17, 15) is 19.1 Å². The van der Waals surface area contributed by atoms with Gasteiger partial charge in [0.2, 0.25) is 5.91 Å². The Morgan fingerprint density at radius 3 is 2.64 bits per heavy atom. The number of Topliss-reactive ketones (excluding diaryl/α,β-unsaturated/α-hetero) is 1. The largest absolute Gasteiger partial charge is 0.394 e. The van der Waals surface area contributed by atoms with Crippen LogP contribution in [0.25, 0.3) is 0 Å². The highest BCUT2D eigenvalue weighted by molar-refractivity contribution is 6.01. The fraction of sp³-hybridized carbons (Fsp3) is 0.455. The average Bonchev–Trinajstić information content (AvgIpc) is 2.94. The molecule has 0 saturated heterocycles. The standard InChI is InChI=1S/C22H27FN2O3/c1-3-17(13-26)24-21(28)11-18-14(2)25(12-15-7-9-16(23)10-8-15)19-5-4-6-20(27)22(18)19/h7-10,17,26H,3-6,11-13H2,1-2H3,(H,24,28)/t17-/m0/s1. The third-order valence-electron chi connectivity index (χ3n) is 5.52. The van der Waals surface area contributed by atoms with Gasteiger partial charge in [-0.1, -0.05) is 19.1 Å². The Labute approximate surface area is 164 Å². The smallest absolute Gasteiger partial charge is 0.224 e. The van der Waals surface area contributed by atoms with Gasteiger partial charge in [0.15, 0.2) is 5.78 Å². The van der Waals surface area contributed by atoms with Crippen molar-refractivity contribution >= 4 is 11.7 Å². The summed E-state index contributed by atoms with van der Waals surface area (Å²) in [6.45, 7) is 4.26. The summed E-state index contributed by atoms with van der Waals surface area (Å²) in [5.41, 5.74) is 4.26. The molecule has 1 aliphatic carbocycles. The first-order valence-electron chi connectivity index (χ1n) is 9.83. The van der Waals surface area contributed by atoms with E-state index in [0.29, 0.717) is 24.9 Å². The lowest BCUT2D eigenvalue weighted by atomic mass is 9.92. The van der Waals surface area contributed by atoms with Crippen LogP contribution in [0.4, 0.5) is 4.39 Å². The summed E-state index contributed by atoms with van der Waals surface area (Å²) in [6.07, 6.45) is 2.85. The fourth-order valence-corrected chi connectivity index (χ4v) is 3.90. The van der Waals surface area contributed by atoms with E-state index >= 15 is 0 Å². The minimum atomic E-state index is -0.281. The van der Waals surface area contributed by atoms with Crippen LogP contribution in [0.2, 0.25) is 0 Å². The molecule has 0 fully saturated rings. The molecule has 1 aliphatic rings. The first-order valence-corrected chi connectivity index (χ1v) is 9.83. The lowest BCUT2D eigenvalue weighted by Crippen LogP contribution is -2.38. The van der Waals surface area contributed by atoms with Gasteiger partial charge in [0.05, 0.1) is 19.1 Å². The van der Waals surface area contributed by atoms with Gasteiger partial charge >= 0.3 is 0 Å². The van der Waals surface area contributed by atoms with Crippen LogP contribution in [0.3, 0.4) is 0 Å². The summed E-state index contributed by atoms with van der Waals surface area (Å²) in [4.78, 5) is 25.2. The molecule has 1 aromatic carbocycles. The third kappa shape index (κ3) is 4.17. The Bertz CT molecular complexity index is 867. The fourth-order valence-electron chi connectivity index (χ4n) is 3.90. The molecule has 0 aliphatic heterocycles. The summed E-state index contributed by atoms with van der Waals surface area (Å²) >= 11 is 0. The van der Waals surface area contributed by atoms with Crippen LogP contribution < -0.4 is 5.32 Å². The molecule has 1 amide bonds. The molecule has 5 nitrogen and oxygen atoms in total.